The van der Waals surface area contributed by atoms with E-state index in [2.05, 4.69) is 9.72 Å². The highest BCUT2D eigenvalue weighted by Crippen LogP contribution is 2.32. The van der Waals surface area contributed by atoms with Crippen molar-refractivity contribution in [3.05, 3.63) is 55.6 Å². The maximum atomic E-state index is 12.2. The van der Waals surface area contributed by atoms with Crippen LogP contribution in [0.4, 0.5) is 5.69 Å². The normalized spacial score (nSPS) is 14.8. The molecular weight excluding hydrogens is 362 g/mol. The summed E-state index contributed by atoms with van der Waals surface area (Å²) in [6.45, 7) is 4.62. The molecule has 26 heavy (non-hydrogen) atoms. The third-order valence-electron chi connectivity index (χ3n) is 3.92. The van der Waals surface area contributed by atoms with Crippen molar-refractivity contribution in [1.29, 1.82) is 0 Å². The molecule has 0 fully saturated rings. The van der Waals surface area contributed by atoms with Crippen LogP contribution in [0.1, 0.15) is 32.1 Å². The Kier molecular flexibility index (Phi) is 6.46. The molecule has 1 aliphatic heterocycles. The number of aromatic nitrogens is 2. The molecule has 1 atom stereocenters. The minimum Gasteiger partial charge on any atom is -0.468 e. The van der Waals surface area contributed by atoms with Gasteiger partial charge in [-0.25, -0.2) is 4.98 Å². The Labute approximate surface area is 154 Å². The van der Waals surface area contributed by atoms with Gasteiger partial charge in [-0.3, -0.25) is 24.3 Å². The fraction of sp³-hybridized carbons (Fsp3) is 0.353. The van der Waals surface area contributed by atoms with Crippen LogP contribution >= 0.6 is 11.6 Å². The van der Waals surface area contributed by atoms with Gasteiger partial charge in [0.05, 0.1) is 22.8 Å². The Hall–Kier alpha value is -2.74. The van der Waals surface area contributed by atoms with Crippen LogP contribution in [0.3, 0.4) is 0 Å². The second-order valence-corrected chi connectivity index (χ2v) is 6.06. The number of rotatable bonds is 4. The molecule has 8 nitrogen and oxygen atoms in total. The number of nitrogens with zero attached hydrogens (tertiary/aromatic N) is 3. The summed E-state index contributed by atoms with van der Waals surface area (Å²) in [6.07, 6.45) is 1.54. The number of nitro groups is 1. The average Bonchev–Trinajstić information content (AvgIpc) is 2.97. The standard InChI is InChI=1S/C14H12ClN3O3.C3H6O2/c1-8-2-5-13-16-11(7-14(19)17(8)13)10-6-9(15)3-4-12(10)18(20)21;1-2-5-3-4/h3-4,6-8H,2,5H2,1H3;3H,2H2,1H3. The minimum absolute atomic E-state index is 0.109. The van der Waals surface area contributed by atoms with Gasteiger partial charge in [0.25, 0.3) is 17.7 Å². The molecule has 0 aliphatic carbocycles. The van der Waals surface area contributed by atoms with Gasteiger partial charge in [-0.2, -0.15) is 0 Å². The maximum absolute atomic E-state index is 12.2. The van der Waals surface area contributed by atoms with Crippen LogP contribution in [0.25, 0.3) is 11.3 Å². The highest BCUT2D eigenvalue weighted by atomic mass is 35.5. The van der Waals surface area contributed by atoms with E-state index in [4.69, 9.17) is 11.6 Å². The van der Waals surface area contributed by atoms with Gasteiger partial charge >= 0.3 is 0 Å². The molecule has 0 N–H and O–H groups in total. The number of benzene rings is 1. The lowest BCUT2D eigenvalue weighted by atomic mass is 10.1. The lowest BCUT2D eigenvalue weighted by molar-refractivity contribution is -0.384. The van der Waals surface area contributed by atoms with E-state index in [9.17, 15) is 19.7 Å². The van der Waals surface area contributed by atoms with Gasteiger partial charge in [-0.05, 0) is 32.4 Å². The van der Waals surface area contributed by atoms with Crippen molar-refractivity contribution in [2.24, 2.45) is 0 Å². The minimum atomic E-state index is -0.499. The van der Waals surface area contributed by atoms with E-state index in [1.54, 1.807) is 11.5 Å². The van der Waals surface area contributed by atoms with Crippen molar-refractivity contribution in [3.63, 3.8) is 0 Å². The highest BCUT2D eigenvalue weighted by Gasteiger charge is 2.24. The van der Waals surface area contributed by atoms with Gasteiger partial charge in [0.15, 0.2) is 0 Å². The summed E-state index contributed by atoms with van der Waals surface area (Å²) >= 11 is 5.92. The summed E-state index contributed by atoms with van der Waals surface area (Å²) in [5.74, 6) is 0.666. The van der Waals surface area contributed by atoms with E-state index in [1.807, 2.05) is 6.92 Å². The monoisotopic (exact) mass is 379 g/mol. The molecule has 2 heterocycles. The van der Waals surface area contributed by atoms with Crippen molar-refractivity contribution in [2.45, 2.75) is 32.7 Å². The number of aryl methyl sites for hydroxylation is 1. The molecule has 1 unspecified atom stereocenters. The first kappa shape index (κ1) is 19.6. The third-order valence-corrected chi connectivity index (χ3v) is 4.15. The van der Waals surface area contributed by atoms with Crippen molar-refractivity contribution in [1.82, 2.24) is 9.55 Å². The Morgan fingerprint density at radius 3 is 2.77 bits per heavy atom. The number of carbonyl (C=O) groups excluding carboxylic acids is 1. The largest absolute Gasteiger partial charge is 0.468 e. The van der Waals surface area contributed by atoms with Crippen LogP contribution in [-0.4, -0.2) is 27.6 Å². The fourth-order valence-electron chi connectivity index (χ4n) is 2.73. The first-order chi connectivity index (χ1) is 12.4. The van der Waals surface area contributed by atoms with Gasteiger partial charge in [0.1, 0.15) is 5.82 Å². The first-order valence-corrected chi connectivity index (χ1v) is 8.38. The Morgan fingerprint density at radius 1 is 1.46 bits per heavy atom. The zero-order valence-corrected chi connectivity index (χ0v) is 15.1. The SMILES string of the molecule is CC1CCc2nc(-c3cc(Cl)ccc3[N+](=O)[O-])cc(=O)n21.CCOC=O. The Balaban J connectivity index is 0.000000431. The van der Waals surface area contributed by atoms with Gasteiger partial charge in [-0.15, -0.1) is 0 Å². The number of nitro benzene ring substituents is 1. The maximum Gasteiger partial charge on any atom is 0.293 e. The summed E-state index contributed by atoms with van der Waals surface area (Å²) in [5, 5.41) is 11.5. The summed E-state index contributed by atoms with van der Waals surface area (Å²) in [4.78, 5) is 36.4. The highest BCUT2D eigenvalue weighted by molar-refractivity contribution is 6.31. The van der Waals surface area contributed by atoms with E-state index >= 15 is 0 Å². The van der Waals surface area contributed by atoms with E-state index < -0.39 is 4.92 Å². The predicted octanol–water partition coefficient (Wildman–Crippen LogP) is 3.16. The average molecular weight is 380 g/mol. The van der Waals surface area contributed by atoms with Crippen LogP contribution in [0.5, 0.6) is 0 Å². The smallest absolute Gasteiger partial charge is 0.293 e. The lowest BCUT2D eigenvalue weighted by Gasteiger charge is -2.10. The van der Waals surface area contributed by atoms with Crippen molar-refractivity contribution < 1.29 is 14.5 Å². The summed E-state index contributed by atoms with van der Waals surface area (Å²) in [5.41, 5.74) is 0.277. The molecule has 1 aliphatic rings. The van der Waals surface area contributed by atoms with Crippen LogP contribution in [0.2, 0.25) is 5.02 Å². The Morgan fingerprint density at radius 2 is 2.19 bits per heavy atom. The molecule has 3 rings (SSSR count). The molecule has 0 spiro atoms. The molecular formula is C17H18ClN3O5. The summed E-state index contributed by atoms with van der Waals surface area (Å²) < 4.78 is 5.79. The number of carbonyl (C=O) groups is 1. The lowest BCUT2D eigenvalue weighted by Crippen LogP contribution is -2.22. The molecule has 0 saturated heterocycles. The number of hydrogen-bond donors (Lipinski definition) is 0. The van der Waals surface area contributed by atoms with Gasteiger partial charge in [0.2, 0.25) is 0 Å². The molecule has 0 radical (unpaired) electrons. The first-order valence-electron chi connectivity index (χ1n) is 8.01. The zero-order chi connectivity index (χ0) is 19.3. The van der Waals surface area contributed by atoms with E-state index in [0.29, 0.717) is 36.0 Å². The Bertz CT molecular complexity index is 881. The topological polar surface area (TPSA) is 104 Å². The second kappa shape index (κ2) is 8.57. The molecule has 1 aromatic carbocycles. The van der Waals surface area contributed by atoms with Gasteiger partial charge in [-0.1, -0.05) is 11.6 Å². The number of ether oxygens (including phenoxy) is 1. The van der Waals surface area contributed by atoms with E-state index in [1.165, 1.54) is 24.3 Å². The van der Waals surface area contributed by atoms with Crippen molar-refractivity contribution >= 4 is 23.8 Å². The van der Waals surface area contributed by atoms with E-state index in [-0.39, 0.29) is 22.9 Å². The fourth-order valence-corrected chi connectivity index (χ4v) is 2.90. The summed E-state index contributed by atoms with van der Waals surface area (Å²) in [7, 11) is 0. The predicted molar refractivity (Wildman–Crippen MR) is 96.3 cm³/mol. The number of fused-ring (bicyclic) bond motifs is 1. The molecule has 2 aromatic rings. The quantitative estimate of drug-likeness (QED) is 0.459. The van der Waals surface area contributed by atoms with E-state index in [0.717, 1.165) is 6.42 Å². The molecule has 0 saturated carbocycles. The number of halogens is 1. The molecule has 9 heteroatoms. The van der Waals surface area contributed by atoms with Crippen LogP contribution in [-0.2, 0) is 16.0 Å². The van der Waals surface area contributed by atoms with Crippen LogP contribution in [0.15, 0.2) is 29.1 Å². The summed E-state index contributed by atoms with van der Waals surface area (Å²) in [6, 6.07) is 5.70. The van der Waals surface area contributed by atoms with Crippen molar-refractivity contribution in [2.75, 3.05) is 6.61 Å². The molecule has 0 amide bonds. The van der Waals surface area contributed by atoms with Crippen molar-refractivity contribution in [3.8, 4) is 11.3 Å². The second-order valence-electron chi connectivity index (χ2n) is 5.62. The van der Waals surface area contributed by atoms with Crippen LogP contribution in [0, 0.1) is 10.1 Å². The third kappa shape index (κ3) is 4.26. The van der Waals surface area contributed by atoms with Gasteiger partial charge in [0, 0.05) is 29.6 Å². The molecule has 0 bridgehead atoms. The molecule has 1 aromatic heterocycles. The zero-order valence-electron chi connectivity index (χ0n) is 14.3. The van der Waals surface area contributed by atoms with Gasteiger partial charge < -0.3 is 4.74 Å². The number of hydrogen-bond acceptors (Lipinski definition) is 6. The van der Waals surface area contributed by atoms with Crippen LogP contribution < -0.4 is 5.56 Å². The molecule has 138 valence electrons.